The predicted molar refractivity (Wildman–Crippen MR) is 142 cm³/mol. The third kappa shape index (κ3) is 2.74. The first kappa shape index (κ1) is 19.1. The molecule has 0 fully saturated rings. The van der Waals surface area contributed by atoms with E-state index in [0.29, 0.717) is 0 Å². The van der Waals surface area contributed by atoms with Crippen LogP contribution in [0.15, 0.2) is 127 Å². The zero-order valence-corrected chi connectivity index (χ0v) is 18.6. The number of hydrogen-bond acceptors (Lipinski definition) is 1. The Labute approximate surface area is 198 Å². The minimum Gasteiger partial charge on any atom is -0.473 e. The van der Waals surface area contributed by atoms with E-state index < -0.39 is 5.60 Å². The molecule has 0 spiro atoms. The molecule has 6 aromatic carbocycles. The van der Waals surface area contributed by atoms with Gasteiger partial charge >= 0.3 is 0 Å². The van der Waals surface area contributed by atoms with Crippen molar-refractivity contribution in [3.63, 3.8) is 0 Å². The van der Waals surface area contributed by atoms with E-state index in [-0.39, 0.29) is 0 Å². The Kier molecular flexibility index (Phi) is 4.13. The standard InChI is InChI=1S/C33H22O/c1-3-10-26(11-4-1)33(27-12-5-2-6-13-27)22-21-29-30(34-33)20-19-25-18-17-24-16-15-23-9-7-8-14-28(23)31(24)32(25)29/h1-22H. The van der Waals surface area contributed by atoms with Crippen molar-refractivity contribution in [2.45, 2.75) is 5.60 Å². The highest BCUT2D eigenvalue weighted by molar-refractivity contribution is 6.22. The van der Waals surface area contributed by atoms with E-state index >= 15 is 0 Å². The molecule has 0 aromatic heterocycles. The van der Waals surface area contributed by atoms with E-state index in [1.165, 1.54) is 32.3 Å². The van der Waals surface area contributed by atoms with Crippen LogP contribution in [-0.2, 0) is 5.60 Å². The highest BCUT2D eigenvalue weighted by Crippen LogP contribution is 2.46. The molecule has 1 heterocycles. The molecule has 0 amide bonds. The molecule has 0 radical (unpaired) electrons. The lowest BCUT2D eigenvalue weighted by atomic mass is 9.82. The summed E-state index contributed by atoms with van der Waals surface area (Å²) in [6.07, 6.45) is 4.49. The van der Waals surface area contributed by atoms with Crippen molar-refractivity contribution >= 4 is 38.4 Å². The van der Waals surface area contributed by atoms with Crippen LogP contribution in [-0.4, -0.2) is 0 Å². The van der Waals surface area contributed by atoms with Gasteiger partial charge in [0.05, 0.1) is 0 Å². The van der Waals surface area contributed by atoms with Crippen molar-refractivity contribution in [2.75, 3.05) is 0 Å². The summed E-state index contributed by atoms with van der Waals surface area (Å²) < 4.78 is 6.97. The van der Waals surface area contributed by atoms with Crippen LogP contribution >= 0.6 is 0 Å². The van der Waals surface area contributed by atoms with Crippen LogP contribution in [0.25, 0.3) is 38.4 Å². The molecule has 1 nitrogen and oxygen atoms in total. The van der Waals surface area contributed by atoms with Crippen molar-refractivity contribution < 1.29 is 4.74 Å². The summed E-state index contributed by atoms with van der Waals surface area (Å²) in [7, 11) is 0. The smallest absolute Gasteiger partial charge is 0.178 e. The average Bonchev–Trinajstić information content (AvgIpc) is 2.93. The topological polar surface area (TPSA) is 9.23 Å². The first-order valence-corrected chi connectivity index (χ1v) is 11.7. The molecule has 0 atom stereocenters. The molecule has 0 saturated heterocycles. The maximum atomic E-state index is 6.97. The van der Waals surface area contributed by atoms with Gasteiger partial charge in [-0.25, -0.2) is 0 Å². The molecular formula is C33H22O. The van der Waals surface area contributed by atoms with Gasteiger partial charge in [-0.15, -0.1) is 0 Å². The number of benzene rings is 6. The minimum absolute atomic E-state index is 0.671. The molecule has 1 heteroatoms. The summed E-state index contributed by atoms with van der Waals surface area (Å²) in [6, 6.07) is 42.8. The Morgan fingerprint density at radius 3 is 1.74 bits per heavy atom. The molecule has 0 aliphatic carbocycles. The van der Waals surface area contributed by atoms with Gasteiger partial charge in [0.25, 0.3) is 0 Å². The van der Waals surface area contributed by atoms with Crippen LogP contribution in [0.1, 0.15) is 16.7 Å². The molecule has 0 unspecified atom stereocenters. The minimum atomic E-state index is -0.671. The maximum Gasteiger partial charge on any atom is 0.178 e. The van der Waals surface area contributed by atoms with Crippen molar-refractivity contribution in [3.05, 3.63) is 144 Å². The zero-order chi connectivity index (χ0) is 22.5. The number of fused-ring (bicyclic) bond motifs is 7. The Morgan fingerprint density at radius 1 is 0.471 bits per heavy atom. The third-order valence-electron chi connectivity index (χ3n) is 7.05. The van der Waals surface area contributed by atoms with Crippen molar-refractivity contribution in [1.82, 2.24) is 0 Å². The summed E-state index contributed by atoms with van der Waals surface area (Å²) in [4.78, 5) is 0. The summed E-state index contributed by atoms with van der Waals surface area (Å²) in [5, 5.41) is 7.53. The predicted octanol–water partition coefficient (Wildman–Crippen LogP) is 8.50. The molecule has 7 rings (SSSR count). The highest BCUT2D eigenvalue weighted by Gasteiger charge is 2.37. The van der Waals surface area contributed by atoms with Crippen LogP contribution in [0, 0.1) is 0 Å². The molecule has 34 heavy (non-hydrogen) atoms. The normalized spacial score (nSPS) is 14.2. The Morgan fingerprint density at radius 2 is 1.03 bits per heavy atom. The Balaban J connectivity index is 1.55. The fraction of sp³-hybridized carbons (Fsp3) is 0.0303. The fourth-order valence-corrected chi connectivity index (χ4v) is 5.43. The lowest BCUT2D eigenvalue weighted by Crippen LogP contribution is -2.34. The van der Waals surface area contributed by atoms with Gasteiger partial charge in [0.15, 0.2) is 5.60 Å². The Bertz CT molecular complexity index is 1670. The summed E-state index contributed by atoms with van der Waals surface area (Å²) in [5.41, 5.74) is 2.70. The third-order valence-corrected chi connectivity index (χ3v) is 7.05. The maximum absolute atomic E-state index is 6.97. The van der Waals surface area contributed by atoms with Gasteiger partial charge in [0, 0.05) is 22.1 Å². The lowest BCUT2D eigenvalue weighted by molar-refractivity contribution is 0.161. The van der Waals surface area contributed by atoms with E-state index in [2.05, 4.69) is 121 Å². The monoisotopic (exact) mass is 434 g/mol. The van der Waals surface area contributed by atoms with E-state index in [9.17, 15) is 0 Å². The fourth-order valence-electron chi connectivity index (χ4n) is 5.43. The largest absolute Gasteiger partial charge is 0.473 e. The van der Waals surface area contributed by atoms with Crippen LogP contribution in [0.3, 0.4) is 0 Å². The average molecular weight is 435 g/mol. The van der Waals surface area contributed by atoms with E-state index in [1.807, 2.05) is 12.1 Å². The van der Waals surface area contributed by atoms with Crippen LogP contribution in [0.4, 0.5) is 0 Å². The summed E-state index contributed by atoms with van der Waals surface area (Å²) in [6.45, 7) is 0. The molecule has 6 aromatic rings. The second kappa shape index (κ2) is 7.33. The van der Waals surface area contributed by atoms with Gasteiger partial charge < -0.3 is 4.74 Å². The SMILES string of the molecule is C1=CC(c2ccccc2)(c2ccccc2)Oc2ccc3ccc4ccc5ccccc5c4c3c21. The summed E-state index contributed by atoms with van der Waals surface area (Å²) in [5.74, 6) is 0.906. The molecule has 0 N–H and O–H groups in total. The van der Waals surface area contributed by atoms with Gasteiger partial charge in [-0.1, -0.05) is 115 Å². The van der Waals surface area contributed by atoms with Gasteiger partial charge in [0.2, 0.25) is 0 Å². The van der Waals surface area contributed by atoms with Crippen LogP contribution < -0.4 is 4.74 Å². The second-order valence-electron chi connectivity index (χ2n) is 8.93. The van der Waals surface area contributed by atoms with Crippen LogP contribution in [0.5, 0.6) is 5.75 Å². The van der Waals surface area contributed by atoms with Gasteiger partial charge in [-0.3, -0.25) is 0 Å². The van der Waals surface area contributed by atoms with Gasteiger partial charge in [-0.2, -0.15) is 0 Å². The van der Waals surface area contributed by atoms with Crippen molar-refractivity contribution in [3.8, 4) is 5.75 Å². The van der Waals surface area contributed by atoms with E-state index in [0.717, 1.165) is 22.4 Å². The number of rotatable bonds is 2. The summed E-state index contributed by atoms with van der Waals surface area (Å²) >= 11 is 0. The molecule has 0 saturated carbocycles. The lowest BCUT2D eigenvalue weighted by Gasteiger charge is -2.36. The molecule has 0 bridgehead atoms. The molecule has 1 aliphatic heterocycles. The first-order valence-electron chi connectivity index (χ1n) is 11.7. The van der Waals surface area contributed by atoms with E-state index in [1.54, 1.807) is 0 Å². The van der Waals surface area contributed by atoms with Crippen molar-refractivity contribution in [1.29, 1.82) is 0 Å². The Hall–Kier alpha value is -4.36. The number of ether oxygens (including phenoxy) is 1. The molecule has 1 aliphatic rings. The van der Waals surface area contributed by atoms with Gasteiger partial charge in [0.1, 0.15) is 5.75 Å². The molecular weight excluding hydrogens is 412 g/mol. The van der Waals surface area contributed by atoms with Crippen LogP contribution in [0.2, 0.25) is 0 Å². The molecule has 160 valence electrons. The second-order valence-corrected chi connectivity index (χ2v) is 8.93. The zero-order valence-electron chi connectivity index (χ0n) is 18.6. The van der Waals surface area contributed by atoms with Crippen molar-refractivity contribution in [2.24, 2.45) is 0 Å². The number of hydrogen-bond donors (Lipinski definition) is 0. The first-order chi connectivity index (χ1) is 16.8. The van der Waals surface area contributed by atoms with Gasteiger partial charge in [-0.05, 0) is 45.1 Å². The van der Waals surface area contributed by atoms with E-state index in [4.69, 9.17) is 4.74 Å². The quantitative estimate of drug-likeness (QED) is 0.248. The highest BCUT2D eigenvalue weighted by atomic mass is 16.5.